The lowest BCUT2D eigenvalue weighted by Gasteiger charge is -2.39. The number of nitrogens with zero attached hydrogens (tertiary/aromatic N) is 5. The van der Waals surface area contributed by atoms with Crippen molar-refractivity contribution in [1.29, 1.82) is 0 Å². The van der Waals surface area contributed by atoms with E-state index in [4.69, 9.17) is 0 Å². The van der Waals surface area contributed by atoms with E-state index < -0.39 is 0 Å². The van der Waals surface area contributed by atoms with E-state index in [9.17, 15) is 0 Å². The molecule has 22 heavy (non-hydrogen) atoms. The van der Waals surface area contributed by atoms with E-state index in [1.807, 2.05) is 24.8 Å². The second-order valence-corrected chi connectivity index (χ2v) is 6.18. The Balaban J connectivity index is 1.48. The van der Waals surface area contributed by atoms with Gasteiger partial charge in [-0.1, -0.05) is 0 Å². The maximum Gasteiger partial charge on any atom is 0.122 e. The van der Waals surface area contributed by atoms with Gasteiger partial charge in [-0.3, -0.25) is 9.88 Å². The van der Waals surface area contributed by atoms with Gasteiger partial charge in [0, 0.05) is 64.1 Å². The topological polar surface area (TPSA) is 37.2 Å². The number of hydrogen-bond donors (Lipinski definition) is 0. The molecule has 3 heterocycles. The van der Waals surface area contributed by atoms with Gasteiger partial charge >= 0.3 is 0 Å². The molecule has 0 saturated carbocycles. The van der Waals surface area contributed by atoms with Crippen molar-refractivity contribution in [2.24, 2.45) is 7.05 Å². The van der Waals surface area contributed by atoms with Gasteiger partial charge in [0.1, 0.15) is 5.82 Å². The lowest BCUT2D eigenvalue weighted by Crippen LogP contribution is -2.51. The van der Waals surface area contributed by atoms with Gasteiger partial charge in [0.15, 0.2) is 0 Å². The van der Waals surface area contributed by atoms with Gasteiger partial charge in [-0.15, -0.1) is 0 Å². The number of piperazine rings is 1. The lowest BCUT2D eigenvalue weighted by atomic mass is 10.1. The SMILES string of the molecule is C[C@@H]1CN(CCc2ccncc2)CCN1Cc1nccn1C. The summed E-state index contributed by atoms with van der Waals surface area (Å²) in [5.41, 5.74) is 1.37. The summed E-state index contributed by atoms with van der Waals surface area (Å²) in [4.78, 5) is 13.6. The summed E-state index contributed by atoms with van der Waals surface area (Å²) in [6.45, 7) is 7.79. The molecule has 0 radical (unpaired) electrons. The molecule has 0 spiro atoms. The summed E-state index contributed by atoms with van der Waals surface area (Å²) < 4.78 is 2.11. The van der Waals surface area contributed by atoms with Crippen LogP contribution in [-0.4, -0.2) is 56.6 Å². The van der Waals surface area contributed by atoms with Crippen LogP contribution in [0.4, 0.5) is 0 Å². The zero-order valence-corrected chi connectivity index (χ0v) is 13.5. The fourth-order valence-corrected chi connectivity index (χ4v) is 3.08. The van der Waals surface area contributed by atoms with E-state index in [0.29, 0.717) is 6.04 Å². The monoisotopic (exact) mass is 299 g/mol. The first-order valence-corrected chi connectivity index (χ1v) is 8.04. The molecule has 5 heteroatoms. The van der Waals surface area contributed by atoms with Crippen molar-refractivity contribution in [1.82, 2.24) is 24.3 Å². The minimum Gasteiger partial charge on any atom is -0.337 e. The molecule has 3 rings (SSSR count). The molecule has 1 atom stereocenters. The van der Waals surface area contributed by atoms with Crippen LogP contribution in [0.25, 0.3) is 0 Å². The zero-order chi connectivity index (χ0) is 15.4. The smallest absolute Gasteiger partial charge is 0.122 e. The standard InChI is InChI=1S/C17H25N5/c1-15-13-21(9-5-16-3-6-18-7-4-16)11-12-22(15)14-17-19-8-10-20(17)2/h3-4,6-8,10,15H,5,9,11-14H2,1-2H3/t15-/m1/s1. The van der Waals surface area contributed by atoms with Crippen molar-refractivity contribution in [2.45, 2.75) is 25.9 Å². The molecule has 0 aromatic carbocycles. The van der Waals surface area contributed by atoms with Gasteiger partial charge in [0.25, 0.3) is 0 Å². The molecule has 1 aliphatic heterocycles. The molecule has 5 nitrogen and oxygen atoms in total. The third-order valence-electron chi connectivity index (χ3n) is 4.58. The van der Waals surface area contributed by atoms with E-state index in [1.165, 1.54) is 5.56 Å². The van der Waals surface area contributed by atoms with Crippen molar-refractivity contribution < 1.29 is 0 Å². The van der Waals surface area contributed by atoms with Crippen molar-refractivity contribution in [3.63, 3.8) is 0 Å². The van der Waals surface area contributed by atoms with Gasteiger partial charge in [-0.2, -0.15) is 0 Å². The van der Waals surface area contributed by atoms with Gasteiger partial charge < -0.3 is 9.47 Å². The molecule has 0 bridgehead atoms. The summed E-state index contributed by atoms with van der Waals surface area (Å²) in [5.74, 6) is 1.15. The average Bonchev–Trinajstić information content (AvgIpc) is 2.94. The van der Waals surface area contributed by atoms with Crippen molar-refractivity contribution >= 4 is 0 Å². The predicted molar refractivity (Wildman–Crippen MR) is 87.5 cm³/mol. The van der Waals surface area contributed by atoms with Crippen LogP contribution in [-0.2, 0) is 20.0 Å². The molecule has 0 aliphatic carbocycles. The summed E-state index contributed by atoms with van der Waals surface area (Å²) in [6, 6.07) is 4.80. The summed E-state index contributed by atoms with van der Waals surface area (Å²) in [6.07, 6.45) is 8.76. The lowest BCUT2D eigenvalue weighted by molar-refractivity contribution is 0.0758. The zero-order valence-electron chi connectivity index (χ0n) is 13.5. The van der Waals surface area contributed by atoms with Gasteiger partial charge in [0.05, 0.1) is 6.54 Å². The normalized spacial score (nSPS) is 20.4. The molecule has 1 fully saturated rings. The Morgan fingerprint density at radius 1 is 1.18 bits per heavy atom. The first kappa shape index (κ1) is 15.2. The molecular formula is C17H25N5. The van der Waals surface area contributed by atoms with Crippen LogP contribution >= 0.6 is 0 Å². The predicted octanol–water partition coefficient (Wildman–Crippen LogP) is 1.56. The highest BCUT2D eigenvalue weighted by Crippen LogP contribution is 2.13. The van der Waals surface area contributed by atoms with E-state index in [0.717, 1.165) is 45.0 Å². The first-order valence-electron chi connectivity index (χ1n) is 8.04. The number of aryl methyl sites for hydroxylation is 1. The Kier molecular flexibility index (Phi) is 4.85. The Labute approximate surface area is 132 Å². The van der Waals surface area contributed by atoms with E-state index >= 15 is 0 Å². The molecule has 0 N–H and O–H groups in total. The fourth-order valence-electron chi connectivity index (χ4n) is 3.08. The quantitative estimate of drug-likeness (QED) is 0.840. The molecule has 0 amide bonds. The summed E-state index contributed by atoms with van der Waals surface area (Å²) in [7, 11) is 2.07. The van der Waals surface area contributed by atoms with E-state index in [1.54, 1.807) is 0 Å². The highest BCUT2D eigenvalue weighted by Gasteiger charge is 2.24. The number of pyridine rings is 1. The second kappa shape index (κ2) is 7.03. The number of aromatic nitrogens is 3. The van der Waals surface area contributed by atoms with Crippen LogP contribution in [0.15, 0.2) is 36.9 Å². The Morgan fingerprint density at radius 3 is 2.68 bits per heavy atom. The van der Waals surface area contributed by atoms with Crippen LogP contribution in [0, 0.1) is 0 Å². The van der Waals surface area contributed by atoms with Crippen LogP contribution in [0.2, 0.25) is 0 Å². The molecule has 1 aliphatic rings. The second-order valence-electron chi connectivity index (χ2n) is 6.18. The van der Waals surface area contributed by atoms with Gasteiger partial charge in [-0.25, -0.2) is 4.98 Å². The summed E-state index contributed by atoms with van der Waals surface area (Å²) in [5, 5.41) is 0. The molecule has 2 aromatic heterocycles. The molecule has 118 valence electrons. The van der Waals surface area contributed by atoms with E-state index in [2.05, 4.69) is 50.4 Å². The van der Waals surface area contributed by atoms with Crippen LogP contribution in [0.3, 0.4) is 0 Å². The third kappa shape index (κ3) is 3.72. The fraction of sp³-hybridized carbons (Fsp3) is 0.529. The molecule has 1 saturated heterocycles. The molecular weight excluding hydrogens is 274 g/mol. The number of imidazole rings is 1. The van der Waals surface area contributed by atoms with Crippen molar-refractivity contribution in [3.8, 4) is 0 Å². The van der Waals surface area contributed by atoms with Gasteiger partial charge in [-0.05, 0) is 31.0 Å². The minimum atomic E-state index is 0.572. The maximum atomic E-state index is 4.44. The van der Waals surface area contributed by atoms with Crippen LogP contribution in [0.1, 0.15) is 18.3 Å². The Morgan fingerprint density at radius 2 is 2.00 bits per heavy atom. The number of rotatable bonds is 5. The van der Waals surface area contributed by atoms with Crippen LogP contribution in [0.5, 0.6) is 0 Å². The largest absolute Gasteiger partial charge is 0.337 e. The van der Waals surface area contributed by atoms with Crippen LogP contribution < -0.4 is 0 Å². The Hall–Kier alpha value is -1.72. The minimum absolute atomic E-state index is 0.572. The highest BCUT2D eigenvalue weighted by molar-refractivity contribution is 5.10. The molecule has 2 aromatic rings. The van der Waals surface area contributed by atoms with Crippen molar-refractivity contribution in [2.75, 3.05) is 26.2 Å². The third-order valence-corrected chi connectivity index (χ3v) is 4.58. The average molecular weight is 299 g/mol. The van der Waals surface area contributed by atoms with E-state index in [-0.39, 0.29) is 0 Å². The first-order chi connectivity index (χ1) is 10.7. The Bertz CT molecular complexity index is 580. The maximum absolute atomic E-state index is 4.44. The van der Waals surface area contributed by atoms with Crippen molar-refractivity contribution in [3.05, 3.63) is 48.3 Å². The number of hydrogen-bond acceptors (Lipinski definition) is 4. The highest BCUT2D eigenvalue weighted by atomic mass is 15.3. The summed E-state index contributed by atoms with van der Waals surface area (Å²) >= 11 is 0. The molecule has 0 unspecified atom stereocenters. The van der Waals surface area contributed by atoms with Gasteiger partial charge in [0.2, 0.25) is 0 Å².